The largest absolute Gasteiger partial charge is 0.444 e. The summed E-state index contributed by atoms with van der Waals surface area (Å²) >= 11 is 0. The monoisotopic (exact) mass is 335 g/mol. The highest BCUT2D eigenvalue weighted by molar-refractivity contribution is 7.91. The van der Waals surface area contributed by atoms with Crippen LogP contribution in [-0.2, 0) is 14.6 Å². The number of carbonyl (C=O) groups excluding carboxylic acids is 1. The lowest BCUT2D eigenvalue weighted by Gasteiger charge is -2.41. The number of nitrogens with zero attached hydrogens (tertiary/aromatic N) is 2. The van der Waals surface area contributed by atoms with Crippen molar-refractivity contribution in [1.82, 2.24) is 9.80 Å². The zero-order valence-electron chi connectivity index (χ0n) is 14.0. The van der Waals surface area contributed by atoms with E-state index in [4.69, 9.17) is 10.5 Å². The van der Waals surface area contributed by atoms with E-state index in [0.29, 0.717) is 32.7 Å². The standard InChI is InChI=1S/C14H29N3O4S/c1-5-22(19,20)9-8-16-6-7-17(11-12(16)10-15)13(18)21-14(2,3)4/h12H,5-11,15H2,1-4H3. The van der Waals surface area contributed by atoms with E-state index in [2.05, 4.69) is 0 Å². The molecule has 0 spiro atoms. The van der Waals surface area contributed by atoms with E-state index < -0.39 is 15.4 Å². The average molecular weight is 335 g/mol. The highest BCUT2D eigenvalue weighted by Gasteiger charge is 2.31. The Morgan fingerprint density at radius 2 is 1.95 bits per heavy atom. The summed E-state index contributed by atoms with van der Waals surface area (Å²) in [6.07, 6.45) is -0.341. The van der Waals surface area contributed by atoms with Crippen LogP contribution in [0.5, 0.6) is 0 Å². The summed E-state index contributed by atoms with van der Waals surface area (Å²) < 4.78 is 28.6. The maximum Gasteiger partial charge on any atom is 0.410 e. The molecule has 0 aromatic carbocycles. The van der Waals surface area contributed by atoms with E-state index >= 15 is 0 Å². The maximum atomic E-state index is 12.1. The number of ether oxygens (including phenoxy) is 1. The first-order valence-electron chi connectivity index (χ1n) is 7.70. The van der Waals surface area contributed by atoms with Crippen LogP contribution in [0.15, 0.2) is 0 Å². The Morgan fingerprint density at radius 1 is 1.32 bits per heavy atom. The van der Waals surface area contributed by atoms with E-state index in [1.165, 1.54) is 0 Å². The Balaban J connectivity index is 2.58. The molecule has 1 saturated heterocycles. The van der Waals surface area contributed by atoms with Gasteiger partial charge in [0.25, 0.3) is 0 Å². The molecule has 2 N–H and O–H groups in total. The van der Waals surface area contributed by atoms with Crippen molar-refractivity contribution in [3.63, 3.8) is 0 Å². The predicted molar refractivity (Wildman–Crippen MR) is 86.6 cm³/mol. The van der Waals surface area contributed by atoms with E-state index in [-0.39, 0.29) is 23.6 Å². The predicted octanol–water partition coefficient (Wildman–Crippen LogP) is 0.301. The summed E-state index contributed by atoms with van der Waals surface area (Å²) in [6.45, 7) is 9.59. The second kappa shape index (κ2) is 7.61. The van der Waals surface area contributed by atoms with Crippen LogP contribution in [0.2, 0.25) is 0 Å². The zero-order chi connectivity index (χ0) is 17.0. The molecule has 130 valence electrons. The Labute approximate surface area is 133 Å². The van der Waals surface area contributed by atoms with E-state index in [9.17, 15) is 13.2 Å². The molecule has 1 atom stereocenters. The zero-order valence-corrected chi connectivity index (χ0v) is 14.9. The summed E-state index contributed by atoms with van der Waals surface area (Å²) in [6, 6.07) is -0.0340. The molecule has 0 bridgehead atoms. The highest BCUT2D eigenvalue weighted by Crippen LogP contribution is 2.14. The van der Waals surface area contributed by atoms with Crippen molar-refractivity contribution in [3.05, 3.63) is 0 Å². The molecule has 7 nitrogen and oxygen atoms in total. The lowest BCUT2D eigenvalue weighted by molar-refractivity contribution is 0.00569. The summed E-state index contributed by atoms with van der Waals surface area (Å²) in [4.78, 5) is 15.8. The summed E-state index contributed by atoms with van der Waals surface area (Å²) in [5.74, 6) is 0.282. The molecule has 1 rings (SSSR count). The third kappa shape index (κ3) is 6.10. The summed E-state index contributed by atoms with van der Waals surface area (Å²) in [5, 5.41) is 0. The average Bonchev–Trinajstić information content (AvgIpc) is 2.43. The van der Waals surface area contributed by atoms with Gasteiger partial charge in [0.1, 0.15) is 5.60 Å². The van der Waals surface area contributed by atoms with Crippen molar-refractivity contribution in [2.45, 2.75) is 39.3 Å². The van der Waals surface area contributed by atoms with Gasteiger partial charge >= 0.3 is 6.09 Å². The van der Waals surface area contributed by atoms with Crippen molar-refractivity contribution in [3.8, 4) is 0 Å². The Kier molecular flexibility index (Phi) is 6.64. The second-order valence-corrected chi connectivity index (χ2v) is 9.06. The highest BCUT2D eigenvalue weighted by atomic mass is 32.2. The molecule has 0 aromatic rings. The molecule has 0 aromatic heterocycles. The Hall–Kier alpha value is -0.860. The molecule has 1 fully saturated rings. The van der Waals surface area contributed by atoms with Gasteiger partial charge in [-0.15, -0.1) is 0 Å². The normalized spacial score (nSPS) is 21.0. The van der Waals surface area contributed by atoms with Gasteiger partial charge in [-0.3, -0.25) is 4.90 Å². The van der Waals surface area contributed by atoms with Crippen LogP contribution in [0, 0.1) is 0 Å². The van der Waals surface area contributed by atoms with Gasteiger partial charge in [-0.25, -0.2) is 13.2 Å². The van der Waals surface area contributed by atoms with Gasteiger partial charge < -0.3 is 15.4 Å². The van der Waals surface area contributed by atoms with Gasteiger partial charge in [-0.05, 0) is 20.8 Å². The minimum Gasteiger partial charge on any atom is -0.444 e. The fraction of sp³-hybridized carbons (Fsp3) is 0.929. The summed E-state index contributed by atoms with van der Waals surface area (Å²) in [7, 11) is -2.99. The lowest BCUT2D eigenvalue weighted by atomic mass is 10.1. The van der Waals surface area contributed by atoms with Crippen molar-refractivity contribution < 1.29 is 17.9 Å². The Morgan fingerprint density at radius 3 is 2.45 bits per heavy atom. The smallest absolute Gasteiger partial charge is 0.410 e. The van der Waals surface area contributed by atoms with Crippen molar-refractivity contribution >= 4 is 15.9 Å². The SMILES string of the molecule is CCS(=O)(=O)CCN1CCN(C(=O)OC(C)(C)C)CC1CN. The van der Waals surface area contributed by atoms with Gasteiger partial charge in [0, 0.05) is 44.5 Å². The Bertz CT molecular complexity index is 473. The molecule has 1 amide bonds. The second-order valence-electron chi connectivity index (χ2n) is 6.59. The number of nitrogens with two attached hydrogens (primary N) is 1. The first-order chi connectivity index (χ1) is 10.1. The number of rotatable bonds is 5. The van der Waals surface area contributed by atoms with Gasteiger partial charge in [-0.2, -0.15) is 0 Å². The van der Waals surface area contributed by atoms with E-state index in [0.717, 1.165) is 0 Å². The van der Waals surface area contributed by atoms with Gasteiger partial charge in [0.05, 0.1) is 5.75 Å². The minimum atomic E-state index is -2.99. The van der Waals surface area contributed by atoms with Crippen LogP contribution in [0.25, 0.3) is 0 Å². The number of amides is 1. The molecular weight excluding hydrogens is 306 g/mol. The van der Waals surface area contributed by atoms with Crippen LogP contribution in [0.1, 0.15) is 27.7 Å². The molecule has 8 heteroatoms. The molecule has 1 unspecified atom stereocenters. The number of carbonyl (C=O) groups is 1. The maximum absolute atomic E-state index is 12.1. The summed E-state index contributed by atoms with van der Waals surface area (Å²) in [5.41, 5.74) is 5.26. The van der Waals surface area contributed by atoms with Gasteiger partial charge in [0.15, 0.2) is 9.84 Å². The molecule has 1 aliphatic heterocycles. The quantitative estimate of drug-likeness (QED) is 0.777. The first-order valence-corrected chi connectivity index (χ1v) is 9.52. The third-order valence-corrected chi connectivity index (χ3v) is 5.34. The van der Waals surface area contributed by atoms with Crippen LogP contribution in [0.4, 0.5) is 4.79 Å². The minimum absolute atomic E-state index is 0.0340. The van der Waals surface area contributed by atoms with E-state index in [1.807, 2.05) is 25.7 Å². The number of hydrogen-bond donors (Lipinski definition) is 1. The fourth-order valence-corrected chi connectivity index (χ4v) is 3.11. The fourth-order valence-electron chi connectivity index (χ4n) is 2.30. The molecule has 1 aliphatic rings. The number of hydrogen-bond acceptors (Lipinski definition) is 6. The topological polar surface area (TPSA) is 92.9 Å². The van der Waals surface area contributed by atoms with Crippen molar-refractivity contribution in [2.75, 3.05) is 44.2 Å². The third-order valence-electron chi connectivity index (χ3n) is 3.66. The van der Waals surface area contributed by atoms with Gasteiger partial charge in [0.2, 0.25) is 0 Å². The van der Waals surface area contributed by atoms with Crippen molar-refractivity contribution in [2.24, 2.45) is 5.73 Å². The number of sulfone groups is 1. The van der Waals surface area contributed by atoms with Crippen LogP contribution >= 0.6 is 0 Å². The lowest BCUT2D eigenvalue weighted by Crippen LogP contribution is -2.58. The first kappa shape index (κ1) is 19.2. The molecule has 0 radical (unpaired) electrons. The van der Waals surface area contributed by atoms with E-state index in [1.54, 1.807) is 11.8 Å². The molecule has 22 heavy (non-hydrogen) atoms. The van der Waals surface area contributed by atoms with Crippen molar-refractivity contribution in [1.29, 1.82) is 0 Å². The molecule has 0 aliphatic carbocycles. The van der Waals surface area contributed by atoms with Gasteiger partial charge in [-0.1, -0.05) is 6.92 Å². The molecular formula is C14H29N3O4S. The van der Waals surface area contributed by atoms with Crippen LogP contribution in [0.3, 0.4) is 0 Å². The number of piperazine rings is 1. The van der Waals surface area contributed by atoms with Crippen LogP contribution in [-0.4, -0.2) is 80.2 Å². The van der Waals surface area contributed by atoms with Crippen LogP contribution < -0.4 is 5.73 Å². The molecule has 1 heterocycles. The molecule has 0 saturated carbocycles.